The highest BCUT2D eigenvalue weighted by Crippen LogP contribution is 2.39. The Kier molecular flexibility index (Phi) is 3.38. The molecule has 1 aliphatic rings. The highest BCUT2D eigenvalue weighted by molar-refractivity contribution is 5.72. The summed E-state index contributed by atoms with van der Waals surface area (Å²) in [6.45, 7) is 0. The number of rotatable bonds is 5. The van der Waals surface area contributed by atoms with Crippen LogP contribution < -0.4 is 10.1 Å². The molecule has 0 unspecified atom stereocenters. The van der Waals surface area contributed by atoms with Gasteiger partial charge in [0, 0.05) is 41.7 Å². The normalized spacial score (nSPS) is 13.9. The first-order valence-corrected chi connectivity index (χ1v) is 8.61. The smallest absolute Gasteiger partial charge is 0.215 e. The molecule has 3 aromatic heterocycles. The average molecular weight is 346 g/mol. The summed E-state index contributed by atoms with van der Waals surface area (Å²) in [6.07, 6.45) is 6.10. The minimum Gasteiger partial charge on any atom is -0.496 e. The maximum absolute atomic E-state index is 5.48. The van der Waals surface area contributed by atoms with Crippen LogP contribution in [-0.2, 0) is 0 Å². The van der Waals surface area contributed by atoms with Gasteiger partial charge in [-0.15, -0.1) is 0 Å². The van der Waals surface area contributed by atoms with Gasteiger partial charge in [-0.3, -0.25) is 9.50 Å². The number of nitrogens with zero attached hydrogens (tertiary/aromatic N) is 4. The van der Waals surface area contributed by atoms with E-state index < -0.39 is 0 Å². The summed E-state index contributed by atoms with van der Waals surface area (Å²) in [4.78, 5) is 9.21. The van der Waals surface area contributed by atoms with Crippen molar-refractivity contribution in [2.24, 2.45) is 0 Å². The first-order chi connectivity index (χ1) is 12.8. The number of hydrogen-bond donors (Lipinski definition) is 2. The molecule has 0 radical (unpaired) electrons. The van der Waals surface area contributed by atoms with Gasteiger partial charge in [-0.05, 0) is 25.0 Å². The molecule has 0 spiro atoms. The molecule has 1 fully saturated rings. The molecule has 0 atom stereocenters. The fraction of sp³-hybridized carbons (Fsp3) is 0.211. The Morgan fingerprint density at radius 1 is 1.23 bits per heavy atom. The van der Waals surface area contributed by atoms with E-state index in [1.165, 1.54) is 18.5 Å². The van der Waals surface area contributed by atoms with Crippen molar-refractivity contribution in [2.45, 2.75) is 18.8 Å². The SMILES string of the molecule is COc1ccccc1-c1cc2nccn2c(Nc2cc(C3CC3)[nH]n2)n1. The minimum absolute atomic E-state index is 0.624. The lowest BCUT2D eigenvalue weighted by Gasteiger charge is -2.11. The van der Waals surface area contributed by atoms with Crippen LogP contribution in [0, 0.1) is 0 Å². The maximum Gasteiger partial charge on any atom is 0.215 e. The Labute approximate surface area is 150 Å². The Bertz CT molecular complexity index is 1080. The van der Waals surface area contributed by atoms with Crippen molar-refractivity contribution in [3.63, 3.8) is 0 Å². The predicted molar refractivity (Wildman–Crippen MR) is 98.8 cm³/mol. The highest BCUT2D eigenvalue weighted by atomic mass is 16.5. The van der Waals surface area contributed by atoms with Gasteiger partial charge in [0.25, 0.3) is 0 Å². The number of aromatic nitrogens is 5. The zero-order chi connectivity index (χ0) is 17.5. The summed E-state index contributed by atoms with van der Waals surface area (Å²) in [7, 11) is 1.66. The summed E-state index contributed by atoms with van der Waals surface area (Å²) in [6, 6.07) is 11.8. The van der Waals surface area contributed by atoms with Gasteiger partial charge < -0.3 is 10.1 Å². The molecule has 1 aromatic carbocycles. The maximum atomic E-state index is 5.48. The van der Waals surface area contributed by atoms with E-state index in [-0.39, 0.29) is 0 Å². The second kappa shape index (κ2) is 5.87. The van der Waals surface area contributed by atoms with Gasteiger partial charge in [-0.2, -0.15) is 5.10 Å². The first-order valence-electron chi connectivity index (χ1n) is 8.61. The van der Waals surface area contributed by atoms with Crippen LogP contribution in [0.4, 0.5) is 11.8 Å². The molecule has 0 bridgehead atoms. The average Bonchev–Trinajstić information content (AvgIpc) is 3.23. The fourth-order valence-corrected chi connectivity index (χ4v) is 3.12. The third-order valence-electron chi connectivity index (χ3n) is 4.63. The van der Waals surface area contributed by atoms with E-state index in [4.69, 9.17) is 9.72 Å². The summed E-state index contributed by atoms with van der Waals surface area (Å²) in [5.41, 5.74) is 3.70. The number of ether oxygens (including phenoxy) is 1. The second-order valence-corrected chi connectivity index (χ2v) is 6.43. The van der Waals surface area contributed by atoms with Crippen molar-refractivity contribution in [1.29, 1.82) is 0 Å². The summed E-state index contributed by atoms with van der Waals surface area (Å²) >= 11 is 0. The second-order valence-electron chi connectivity index (χ2n) is 6.43. The third kappa shape index (κ3) is 2.57. The van der Waals surface area contributed by atoms with Crippen LogP contribution in [0.15, 0.2) is 48.8 Å². The van der Waals surface area contributed by atoms with E-state index in [1.807, 2.05) is 40.9 Å². The van der Waals surface area contributed by atoms with E-state index >= 15 is 0 Å². The third-order valence-corrected chi connectivity index (χ3v) is 4.63. The Balaban J connectivity index is 1.58. The molecule has 0 saturated heterocycles. The van der Waals surface area contributed by atoms with Crippen molar-refractivity contribution < 1.29 is 4.74 Å². The number of para-hydroxylation sites is 1. The lowest BCUT2D eigenvalue weighted by atomic mass is 10.1. The first kappa shape index (κ1) is 14.9. The Hall–Kier alpha value is -3.35. The van der Waals surface area contributed by atoms with Gasteiger partial charge in [0.05, 0.1) is 12.8 Å². The molecule has 0 aliphatic heterocycles. The number of imidazole rings is 1. The molecule has 1 saturated carbocycles. The van der Waals surface area contributed by atoms with Crippen LogP contribution >= 0.6 is 0 Å². The molecular formula is C19H18N6O. The van der Waals surface area contributed by atoms with E-state index in [2.05, 4.69) is 26.6 Å². The van der Waals surface area contributed by atoms with Crippen molar-refractivity contribution >= 4 is 17.4 Å². The van der Waals surface area contributed by atoms with Crippen LogP contribution in [0.1, 0.15) is 24.5 Å². The number of hydrogen-bond acceptors (Lipinski definition) is 5. The van der Waals surface area contributed by atoms with Gasteiger partial charge in [0.15, 0.2) is 5.82 Å². The molecule has 3 heterocycles. The number of fused-ring (bicyclic) bond motifs is 1. The van der Waals surface area contributed by atoms with Gasteiger partial charge in [0.1, 0.15) is 11.4 Å². The molecule has 1 aliphatic carbocycles. The number of H-pyrrole nitrogens is 1. The molecule has 4 aromatic rings. The fourth-order valence-electron chi connectivity index (χ4n) is 3.12. The van der Waals surface area contributed by atoms with Crippen LogP contribution in [-0.4, -0.2) is 31.7 Å². The lowest BCUT2D eigenvalue weighted by Crippen LogP contribution is -2.03. The van der Waals surface area contributed by atoms with E-state index in [0.717, 1.165) is 28.5 Å². The number of benzene rings is 1. The van der Waals surface area contributed by atoms with E-state index in [9.17, 15) is 0 Å². The van der Waals surface area contributed by atoms with Gasteiger partial charge >= 0.3 is 0 Å². The van der Waals surface area contributed by atoms with Crippen LogP contribution in [0.5, 0.6) is 5.75 Å². The number of methoxy groups -OCH3 is 1. The molecule has 130 valence electrons. The van der Waals surface area contributed by atoms with Gasteiger partial charge in [-0.25, -0.2) is 9.97 Å². The van der Waals surface area contributed by atoms with E-state index in [0.29, 0.717) is 11.9 Å². The van der Waals surface area contributed by atoms with Crippen LogP contribution in [0.3, 0.4) is 0 Å². The molecule has 7 heteroatoms. The lowest BCUT2D eigenvalue weighted by molar-refractivity contribution is 0.416. The molecule has 2 N–H and O–H groups in total. The zero-order valence-electron chi connectivity index (χ0n) is 14.3. The quantitative estimate of drug-likeness (QED) is 0.575. The summed E-state index contributed by atoms with van der Waals surface area (Å²) in [5.74, 6) is 2.82. The largest absolute Gasteiger partial charge is 0.496 e. The highest BCUT2D eigenvalue weighted by Gasteiger charge is 2.25. The summed E-state index contributed by atoms with van der Waals surface area (Å²) in [5, 5.41) is 10.8. The van der Waals surface area contributed by atoms with Gasteiger partial charge in [0.2, 0.25) is 5.95 Å². The molecular weight excluding hydrogens is 328 g/mol. The summed E-state index contributed by atoms with van der Waals surface area (Å²) < 4.78 is 7.39. The number of nitrogens with one attached hydrogen (secondary N) is 2. The standard InChI is InChI=1S/C19H18N6O/c1-26-16-5-3-2-4-13(16)15-11-18-20-8-9-25(18)19(21-15)22-17-10-14(23-24-17)12-6-7-12/h2-5,8-12H,6-7H2,1H3,(H2,21,22,23,24). The monoisotopic (exact) mass is 346 g/mol. The molecule has 0 amide bonds. The van der Waals surface area contributed by atoms with Crippen LogP contribution in [0.2, 0.25) is 0 Å². The minimum atomic E-state index is 0.624. The topological polar surface area (TPSA) is 80.1 Å². The van der Waals surface area contributed by atoms with E-state index in [1.54, 1.807) is 13.3 Å². The molecule has 26 heavy (non-hydrogen) atoms. The Morgan fingerprint density at radius 3 is 2.96 bits per heavy atom. The molecule has 7 nitrogen and oxygen atoms in total. The molecule has 5 rings (SSSR count). The van der Waals surface area contributed by atoms with Gasteiger partial charge in [-0.1, -0.05) is 12.1 Å². The Morgan fingerprint density at radius 2 is 2.12 bits per heavy atom. The van der Waals surface area contributed by atoms with Crippen molar-refractivity contribution in [3.05, 3.63) is 54.5 Å². The number of anilines is 2. The van der Waals surface area contributed by atoms with Crippen molar-refractivity contribution in [2.75, 3.05) is 12.4 Å². The van der Waals surface area contributed by atoms with Crippen molar-refractivity contribution in [1.82, 2.24) is 24.6 Å². The number of aromatic amines is 1. The zero-order valence-corrected chi connectivity index (χ0v) is 14.3. The predicted octanol–water partition coefficient (Wildman–Crippen LogP) is 3.75. The van der Waals surface area contributed by atoms with Crippen LogP contribution in [0.25, 0.3) is 16.9 Å². The van der Waals surface area contributed by atoms with Crippen molar-refractivity contribution in [3.8, 4) is 17.0 Å².